The molecule has 0 radical (unpaired) electrons. The summed E-state index contributed by atoms with van der Waals surface area (Å²) in [4.78, 5) is 12.3. The lowest BCUT2D eigenvalue weighted by atomic mass is 9.80. The highest BCUT2D eigenvalue weighted by molar-refractivity contribution is 9.09. The van der Waals surface area contributed by atoms with Gasteiger partial charge in [0.2, 0.25) is 5.91 Å². The average molecular weight is 372 g/mol. The number of carbonyl (C=O) groups is 1. The monoisotopic (exact) mass is 371 g/mol. The molecule has 2 fully saturated rings. The van der Waals surface area contributed by atoms with Crippen LogP contribution in [0.5, 0.6) is 0 Å². The maximum absolute atomic E-state index is 12.6. The fourth-order valence-corrected chi connectivity index (χ4v) is 3.80. The third-order valence-electron chi connectivity index (χ3n) is 4.65. The lowest BCUT2D eigenvalue weighted by molar-refractivity contribution is -0.184. The van der Waals surface area contributed by atoms with Gasteiger partial charge in [-0.1, -0.05) is 15.9 Å². The first-order chi connectivity index (χ1) is 9.86. The first-order valence-electron chi connectivity index (χ1n) is 7.39. The van der Waals surface area contributed by atoms with Crippen LogP contribution in [-0.4, -0.2) is 36.2 Å². The summed E-state index contributed by atoms with van der Waals surface area (Å²) in [7, 11) is 0. The van der Waals surface area contributed by atoms with Gasteiger partial charge in [0.25, 0.3) is 0 Å². The quantitative estimate of drug-likeness (QED) is 0.772. The van der Waals surface area contributed by atoms with Crippen LogP contribution >= 0.6 is 15.9 Å². The number of ether oxygens (including phenoxy) is 1. The minimum absolute atomic E-state index is 0.0615. The van der Waals surface area contributed by atoms with Crippen molar-refractivity contribution in [2.75, 3.05) is 18.5 Å². The van der Waals surface area contributed by atoms with Crippen LogP contribution in [0.15, 0.2) is 0 Å². The predicted octanol–water partition coefficient (Wildman–Crippen LogP) is 3.42. The minimum Gasteiger partial charge on any atom is -0.381 e. The van der Waals surface area contributed by atoms with E-state index < -0.39 is 12.1 Å². The van der Waals surface area contributed by atoms with Gasteiger partial charge in [0.15, 0.2) is 0 Å². The Morgan fingerprint density at radius 2 is 1.76 bits per heavy atom. The molecule has 122 valence electrons. The van der Waals surface area contributed by atoms with Crippen molar-refractivity contribution in [2.45, 2.75) is 50.2 Å². The predicted molar refractivity (Wildman–Crippen MR) is 76.2 cm³/mol. The van der Waals surface area contributed by atoms with Crippen LogP contribution < -0.4 is 5.32 Å². The number of alkyl halides is 4. The molecule has 1 saturated carbocycles. The summed E-state index contributed by atoms with van der Waals surface area (Å²) in [5.41, 5.74) is -0.309. The molecule has 1 heterocycles. The number of amides is 1. The van der Waals surface area contributed by atoms with Crippen LogP contribution in [-0.2, 0) is 9.53 Å². The van der Waals surface area contributed by atoms with Crippen LogP contribution in [0.3, 0.4) is 0 Å². The van der Waals surface area contributed by atoms with Gasteiger partial charge in [-0.15, -0.1) is 0 Å². The SMILES string of the molecule is O=C(NC1(CBr)CCOCC1)C1CCC(C(F)(F)F)CC1. The molecule has 0 bridgehead atoms. The van der Waals surface area contributed by atoms with Crippen molar-refractivity contribution in [3.63, 3.8) is 0 Å². The van der Waals surface area contributed by atoms with Crippen LogP contribution in [0.2, 0.25) is 0 Å². The Kier molecular flexibility index (Phi) is 5.57. The number of halogens is 4. The van der Waals surface area contributed by atoms with E-state index in [1.807, 2.05) is 0 Å². The van der Waals surface area contributed by atoms with E-state index in [0.29, 0.717) is 31.4 Å². The molecule has 0 spiro atoms. The second-order valence-corrected chi connectivity index (χ2v) is 6.67. The number of nitrogens with one attached hydrogen (secondary N) is 1. The fraction of sp³-hybridized carbons (Fsp3) is 0.929. The highest BCUT2D eigenvalue weighted by atomic mass is 79.9. The van der Waals surface area contributed by atoms with Crippen LogP contribution in [0.25, 0.3) is 0 Å². The van der Waals surface area contributed by atoms with Crippen molar-refractivity contribution < 1.29 is 22.7 Å². The number of hydrogen-bond acceptors (Lipinski definition) is 2. The zero-order valence-electron chi connectivity index (χ0n) is 11.8. The van der Waals surface area contributed by atoms with Crippen LogP contribution in [0, 0.1) is 11.8 Å². The molecule has 2 rings (SSSR count). The summed E-state index contributed by atoms with van der Waals surface area (Å²) in [6.07, 6.45) is -1.88. The molecule has 1 aliphatic heterocycles. The van der Waals surface area contributed by atoms with Crippen molar-refractivity contribution in [1.82, 2.24) is 5.32 Å². The zero-order valence-corrected chi connectivity index (χ0v) is 13.4. The Labute approximate surface area is 131 Å². The Balaban J connectivity index is 1.87. The summed E-state index contributed by atoms with van der Waals surface area (Å²) in [5.74, 6) is -1.63. The van der Waals surface area contributed by atoms with E-state index in [1.165, 1.54) is 0 Å². The second kappa shape index (κ2) is 6.86. The standard InChI is InChI=1S/C14H21BrF3NO2/c15-9-13(5-7-21-8-6-13)19-12(20)10-1-3-11(4-2-10)14(16,17)18/h10-11H,1-9H2,(H,19,20). The van der Waals surface area contributed by atoms with E-state index in [2.05, 4.69) is 21.2 Å². The van der Waals surface area contributed by atoms with Gasteiger partial charge in [0, 0.05) is 24.5 Å². The van der Waals surface area contributed by atoms with E-state index in [-0.39, 0.29) is 30.2 Å². The highest BCUT2D eigenvalue weighted by Gasteiger charge is 2.43. The zero-order chi connectivity index (χ0) is 15.5. The smallest absolute Gasteiger partial charge is 0.381 e. The third-order valence-corrected chi connectivity index (χ3v) is 5.73. The largest absolute Gasteiger partial charge is 0.391 e. The summed E-state index contributed by atoms with van der Waals surface area (Å²) in [6, 6.07) is 0. The lowest BCUT2D eigenvalue weighted by Gasteiger charge is -2.38. The molecular weight excluding hydrogens is 351 g/mol. The first-order valence-corrected chi connectivity index (χ1v) is 8.51. The van der Waals surface area contributed by atoms with Crippen molar-refractivity contribution in [2.24, 2.45) is 11.8 Å². The molecule has 7 heteroatoms. The molecule has 1 N–H and O–H groups in total. The van der Waals surface area contributed by atoms with E-state index in [0.717, 1.165) is 12.8 Å². The van der Waals surface area contributed by atoms with Gasteiger partial charge in [-0.25, -0.2) is 0 Å². The van der Waals surface area contributed by atoms with Gasteiger partial charge < -0.3 is 10.1 Å². The minimum atomic E-state index is -4.13. The van der Waals surface area contributed by atoms with Crippen molar-refractivity contribution in [1.29, 1.82) is 0 Å². The first kappa shape index (κ1) is 17.1. The normalized spacial score (nSPS) is 29.9. The van der Waals surface area contributed by atoms with Gasteiger partial charge in [-0.3, -0.25) is 4.79 Å². The van der Waals surface area contributed by atoms with Crippen LogP contribution in [0.1, 0.15) is 38.5 Å². The molecule has 2 aliphatic rings. The molecular formula is C14H21BrF3NO2. The number of rotatable bonds is 3. The van der Waals surface area contributed by atoms with Crippen molar-refractivity contribution >= 4 is 21.8 Å². The molecule has 0 aromatic heterocycles. The Hall–Kier alpha value is -0.300. The highest BCUT2D eigenvalue weighted by Crippen LogP contribution is 2.39. The van der Waals surface area contributed by atoms with E-state index in [1.54, 1.807) is 0 Å². The van der Waals surface area contributed by atoms with E-state index in [4.69, 9.17) is 4.74 Å². The van der Waals surface area contributed by atoms with Gasteiger partial charge >= 0.3 is 6.18 Å². The molecule has 1 amide bonds. The maximum atomic E-state index is 12.6. The van der Waals surface area contributed by atoms with Crippen molar-refractivity contribution in [3.8, 4) is 0 Å². The summed E-state index contributed by atoms with van der Waals surface area (Å²) in [5, 5.41) is 3.70. The maximum Gasteiger partial charge on any atom is 0.391 e. The number of carbonyl (C=O) groups excluding carboxylic acids is 1. The molecule has 0 atom stereocenters. The van der Waals surface area contributed by atoms with Gasteiger partial charge in [0.05, 0.1) is 11.5 Å². The number of hydrogen-bond donors (Lipinski definition) is 1. The molecule has 21 heavy (non-hydrogen) atoms. The molecule has 1 saturated heterocycles. The average Bonchev–Trinajstić information content (AvgIpc) is 2.47. The lowest BCUT2D eigenvalue weighted by Crippen LogP contribution is -2.55. The molecule has 0 aromatic carbocycles. The van der Waals surface area contributed by atoms with Gasteiger partial charge in [-0.05, 0) is 38.5 Å². The van der Waals surface area contributed by atoms with E-state index >= 15 is 0 Å². The molecule has 0 aromatic rings. The fourth-order valence-electron chi connectivity index (χ4n) is 3.10. The van der Waals surface area contributed by atoms with Crippen molar-refractivity contribution in [3.05, 3.63) is 0 Å². The van der Waals surface area contributed by atoms with Gasteiger partial charge in [0.1, 0.15) is 0 Å². The molecule has 1 aliphatic carbocycles. The Bertz CT molecular complexity index is 362. The van der Waals surface area contributed by atoms with Gasteiger partial charge in [-0.2, -0.15) is 13.2 Å². The Morgan fingerprint density at radius 3 is 2.24 bits per heavy atom. The van der Waals surface area contributed by atoms with Crippen LogP contribution in [0.4, 0.5) is 13.2 Å². The summed E-state index contributed by atoms with van der Waals surface area (Å²) in [6.45, 7) is 1.21. The second-order valence-electron chi connectivity index (χ2n) is 6.11. The summed E-state index contributed by atoms with van der Waals surface area (Å²) < 4.78 is 43.2. The molecule has 0 unspecified atom stereocenters. The topological polar surface area (TPSA) is 38.3 Å². The third kappa shape index (κ3) is 4.34. The summed E-state index contributed by atoms with van der Waals surface area (Å²) >= 11 is 3.44. The van der Waals surface area contributed by atoms with E-state index in [9.17, 15) is 18.0 Å². The Morgan fingerprint density at radius 1 is 1.19 bits per heavy atom. The molecule has 3 nitrogen and oxygen atoms in total.